The Morgan fingerprint density at radius 2 is 2.00 bits per heavy atom. The van der Waals surface area contributed by atoms with Gasteiger partial charge in [0.05, 0.1) is 16.9 Å². The van der Waals surface area contributed by atoms with Gasteiger partial charge in [-0.25, -0.2) is 4.39 Å². The zero-order valence-electron chi connectivity index (χ0n) is 9.07. The molecule has 17 heavy (non-hydrogen) atoms. The number of rotatable bonds is 1. The molecule has 0 N–H and O–H groups in total. The van der Waals surface area contributed by atoms with Crippen LogP contribution in [0.25, 0.3) is 0 Å². The summed E-state index contributed by atoms with van der Waals surface area (Å²) in [6.45, 7) is 0. The van der Waals surface area contributed by atoms with Crippen molar-refractivity contribution in [3.63, 3.8) is 0 Å². The van der Waals surface area contributed by atoms with E-state index in [-0.39, 0.29) is 5.82 Å². The summed E-state index contributed by atoms with van der Waals surface area (Å²) in [7, 11) is 1.51. The highest BCUT2D eigenvalue weighted by Crippen LogP contribution is 2.49. The van der Waals surface area contributed by atoms with E-state index in [4.69, 9.17) is 9.47 Å². The van der Waals surface area contributed by atoms with Crippen molar-refractivity contribution in [1.82, 2.24) is 0 Å². The first kappa shape index (κ1) is 10.5. The molecule has 0 saturated carbocycles. The van der Waals surface area contributed by atoms with E-state index in [1.165, 1.54) is 24.9 Å². The van der Waals surface area contributed by atoms with E-state index < -0.39 is 0 Å². The highest BCUT2D eigenvalue weighted by atomic mass is 32.2. The number of benzene rings is 2. The molecule has 1 aliphatic heterocycles. The molecule has 2 aromatic carbocycles. The van der Waals surface area contributed by atoms with Crippen LogP contribution in [0.15, 0.2) is 46.2 Å². The molecule has 0 aromatic heterocycles. The van der Waals surface area contributed by atoms with Crippen molar-refractivity contribution < 1.29 is 13.9 Å². The Balaban J connectivity index is 2.11. The molecular weight excluding hydrogens is 239 g/mol. The second kappa shape index (κ2) is 3.96. The van der Waals surface area contributed by atoms with Gasteiger partial charge >= 0.3 is 0 Å². The van der Waals surface area contributed by atoms with E-state index in [9.17, 15) is 4.39 Å². The summed E-state index contributed by atoms with van der Waals surface area (Å²) in [6, 6.07) is 10.6. The average molecular weight is 248 g/mol. The van der Waals surface area contributed by atoms with E-state index in [0.29, 0.717) is 16.4 Å². The van der Waals surface area contributed by atoms with Crippen LogP contribution in [0.4, 0.5) is 4.39 Å². The Bertz CT molecular complexity index is 584. The van der Waals surface area contributed by atoms with E-state index >= 15 is 0 Å². The summed E-state index contributed by atoms with van der Waals surface area (Å²) in [4.78, 5) is 1.42. The Labute approximate surface area is 102 Å². The fourth-order valence-electron chi connectivity index (χ4n) is 1.68. The Hall–Kier alpha value is -1.68. The quantitative estimate of drug-likeness (QED) is 0.646. The largest absolute Gasteiger partial charge is 0.497 e. The highest BCUT2D eigenvalue weighted by Gasteiger charge is 2.21. The Kier molecular flexibility index (Phi) is 2.44. The van der Waals surface area contributed by atoms with Crippen LogP contribution in [0, 0.1) is 5.82 Å². The molecule has 0 saturated heterocycles. The highest BCUT2D eigenvalue weighted by molar-refractivity contribution is 7.99. The lowest BCUT2D eigenvalue weighted by atomic mass is 10.3. The molecule has 1 heterocycles. The first-order valence-electron chi connectivity index (χ1n) is 5.10. The van der Waals surface area contributed by atoms with Gasteiger partial charge in [0.15, 0.2) is 0 Å². The van der Waals surface area contributed by atoms with Gasteiger partial charge in [-0.1, -0.05) is 23.9 Å². The molecule has 0 atom stereocenters. The van der Waals surface area contributed by atoms with Crippen molar-refractivity contribution in [2.75, 3.05) is 7.11 Å². The molecule has 0 unspecified atom stereocenters. The van der Waals surface area contributed by atoms with Gasteiger partial charge in [0, 0.05) is 12.1 Å². The molecule has 0 aliphatic carbocycles. The number of ether oxygens (including phenoxy) is 2. The van der Waals surface area contributed by atoms with Crippen LogP contribution in [-0.4, -0.2) is 7.11 Å². The van der Waals surface area contributed by atoms with Gasteiger partial charge in [0.2, 0.25) is 0 Å². The molecule has 0 bridgehead atoms. The summed E-state index contributed by atoms with van der Waals surface area (Å²) in [5.74, 6) is 1.39. The van der Waals surface area contributed by atoms with Gasteiger partial charge in [-0.05, 0) is 12.1 Å². The standard InChI is InChI=1S/C13H9FO2S/c1-15-8-6-9(14)13-11(7-8)16-10-4-2-3-5-12(10)17-13/h2-7H,1H3. The van der Waals surface area contributed by atoms with Crippen LogP contribution < -0.4 is 9.47 Å². The normalized spacial score (nSPS) is 12.4. The zero-order valence-corrected chi connectivity index (χ0v) is 9.88. The van der Waals surface area contributed by atoms with Crippen molar-refractivity contribution in [1.29, 1.82) is 0 Å². The smallest absolute Gasteiger partial charge is 0.148 e. The summed E-state index contributed by atoms with van der Waals surface area (Å²) in [5, 5.41) is 0. The van der Waals surface area contributed by atoms with Crippen LogP contribution in [0.2, 0.25) is 0 Å². The predicted octanol–water partition coefficient (Wildman–Crippen LogP) is 4.09. The minimum atomic E-state index is -0.321. The maximum atomic E-state index is 13.8. The molecule has 0 radical (unpaired) electrons. The Morgan fingerprint density at radius 1 is 1.18 bits per heavy atom. The average Bonchev–Trinajstić information content (AvgIpc) is 2.36. The minimum absolute atomic E-state index is 0.321. The van der Waals surface area contributed by atoms with Crippen molar-refractivity contribution in [2.24, 2.45) is 0 Å². The maximum absolute atomic E-state index is 13.8. The molecule has 3 rings (SSSR count). The van der Waals surface area contributed by atoms with Gasteiger partial charge in [0.1, 0.15) is 23.1 Å². The number of hydrogen-bond donors (Lipinski definition) is 0. The van der Waals surface area contributed by atoms with Crippen LogP contribution in [0.1, 0.15) is 0 Å². The second-order valence-electron chi connectivity index (χ2n) is 3.59. The molecule has 0 amide bonds. The number of hydrogen-bond acceptors (Lipinski definition) is 3. The second-order valence-corrected chi connectivity index (χ2v) is 4.64. The van der Waals surface area contributed by atoms with Crippen molar-refractivity contribution in [3.8, 4) is 17.2 Å². The summed E-state index contributed by atoms with van der Waals surface area (Å²) < 4.78 is 24.5. The van der Waals surface area contributed by atoms with Gasteiger partial charge in [-0.3, -0.25) is 0 Å². The van der Waals surface area contributed by atoms with E-state index in [1.54, 1.807) is 6.07 Å². The fourth-order valence-corrected chi connectivity index (χ4v) is 2.62. The van der Waals surface area contributed by atoms with Crippen LogP contribution >= 0.6 is 11.8 Å². The lowest BCUT2D eigenvalue weighted by molar-refractivity contribution is 0.396. The molecule has 2 nitrogen and oxygen atoms in total. The third-order valence-electron chi connectivity index (χ3n) is 2.50. The van der Waals surface area contributed by atoms with E-state index in [1.807, 2.05) is 24.3 Å². The predicted molar refractivity (Wildman–Crippen MR) is 63.6 cm³/mol. The lowest BCUT2D eigenvalue weighted by Crippen LogP contribution is -1.98. The molecule has 1 aliphatic rings. The fraction of sp³-hybridized carbons (Fsp3) is 0.0769. The SMILES string of the molecule is COc1cc(F)c2c(c1)Oc1ccccc1S2. The van der Waals surface area contributed by atoms with Gasteiger partial charge in [0.25, 0.3) is 0 Å². The molecule has 86 valence electrons. The van der Waals surface area contributed by atoms with E-state index in [0.717, 1.165) is 10.6 Å². The third kappa shape index (κ3) is 1.74. The number of methoxy groups -OCH3 is 1. The molecular formula is C13H9FO2S. The topological polar surface area (TPSA) is 18.5 Å². The summed E-state index contributed by atoms with van der Waals surface area (Å²) in [6.07, 6.45) is 0. The van der Waals surface area contributed by atoms with Crippen molar-refractivity contribution in [3.05, 3.63) is 42.2 Å². The third-order valence-corrected chi connectivity index (χ3v) is 3.66. The maximum Gasteiger partial charge on any atom is 0.148 e. The minimum Gasteiger partial charge on any atom is -0.497 e. The van der Waals surface area contributed by atoms with Crippen molar-refractivity contribution in [2.45, 2.75) is 9.79 Å². The van der Waals surface area contributed by atoms with E-state index in [2.05, 4.69) is 0 Å². The summed E-state index contributed by atoms with van der Waals surface area (Å²) >= 11 is 1.37. The van der Waals surface area contributed by atoms with Crippen molar-refractivity contribution >= 4 is 11.8 Å². The molecule has 4 heteroatoms. The van der Waals surface area contributed by atoms with Gasteiger partial charge in [-0.2, -0.15) is 0 Å². The zero-order chi connectivity index (χ0) is 11.8. The molecule has 0 fully saturated rings. The van der Waals surface area contributed by atoms with Gasteiger partial charge in [-0.15, -0.1) is 0 Å². The molecule has 2 aromatic rings. The molecule has 0 spiro atoms. The van der Waals surface area contributed by atoms with Gasteiger partial charge < -0.3 is 9.47 Å². The van der Waals surface area contributed by atoms with Crippen LogP contribution in [0.3, 0.4) is 0 Å². The number of para-hydroxylation sites is 1. The van der Waals surface area contributed by atoms with Crippen LogP contribution in [0.5, 0.6) is 17.2 Å². The first-order valence-corrected chi connectivity index (χ1v) is 5.92. The number of halogens is 1. The monoisotopic (exact) mass is 248 g/mol. The summed E-state index contributed by atoms with van der Waals surface area (Å²) in [5.41, 5.74) is 0. The first-order chi connectivity index (χ1) is 8.28. The Morgan fingerprint density at radius 3 is 2.82 bits per heavy atom. The lowest BCUT2D eigenvalue weighted by Gasteiger charge is -2.20. The number of fused-ring (bicyclic) bond motifs is 2. The van der Waals surface area contributed by atoms with Crippen LogP contribution in [-0.2, 0) is 0 Å².